The summed E-state index contributed by atoms with van der Waals surface area (Å²) < 4.78 is 29.3. The van der Waals surface area contributed by atoms with E-state index in [1.165, 1.54) is 4.31 Å². The molecule has 0 radical (unpaired) electrons. The lowest BCUT2D eigenvalue weighted by atomic mass is 9.97. The fourth-order valence-corrected chi connectivity index (χ4v) is 5.60. The van der Waals surface area contributed by atoms with E-state index in [0.717, 1.165) is 22.4 Å². The second kappa shape index (κ2) is 8.80. The normalized spacial score (nSPS) is 15.9. The van der Waals surface area contributed by atoms with Gasteiger partial charge in [0.2, 0.25) is 15.9 Å². The van der Waals surface area contributed by atoms with Crippen molar-refractivity contribution in [1.82, 2.24) is 19.2 Å². The number of sulfonamides is 1. The van der Waals surface area contributed by atoms with Crippen LogP contribution in [0.4, 0.5) is 0 Å². The van der Waals surface area contributed by atoms with Gasteiger partial charge in [-0.15, -0.1) is 0 Å². The van der Waals surface area contributed by atoms with Crippen molar-refractivity contribution >= 4 is 27.0 Å². The molecule has 1 amide bonds. The zero-order chi connectivity index (χ0) is 22.0. The van der Waals surface area contributed by atoms with Crippen molar-refractivity contribution in [3.05, 3.63) is 59.9 Å². The fraction of sp³-hybridized carbons (Fsp3) is 0.391. The SMILES string of the molecule is Cc1ccc(S(=O)(=O)N2CCC(C(=O)NCCn3c(C)nc4ccccc43)CC2)cc1. The standard InChI is InChI=1S/C23H28N4O3S/c1-17-7-9-20(10-8-17)31(29,30)26-14-11-19(12-15-26)23(28)24-13-16-27-18(2)25-21-5-3-4-6-22(21)27/h3-10,19H,11-16H2,1-2H3,(H,24,28). The molecule has 4 rings (SSSR count). The van der Waals surface area contributed by atoms with E-state index < -0.39 is 10.0 Å². The Bertz CT molecular complexity index is 1180. The summed E-state index contributed by atoms with van der Waals surface area (Å²) >= 11 is 0. The first-order valence-corrected chi connectivity index (χ1v) is 12.1. The number of nitrogens with zero attached hydrogens (tertiary/aromatic N) is 3. The highest BCUT2D eigenvalue weighted by molar-refractivity contribution is 7.89. The molecule has 7 nitrogen and oxygen atoms in total. The number of piperidine rings is 1. The molecule has 0 aliphatic carbocycles. The van der Waals surface area contributed by atoms with Crippen molar-refractivity contribution in [2.45, 2.75) is 38.1 Å². The van der Waals surface area contributed by atoms with Gasteiger partial charge in [-0.2, -0.15) is 4.31 Å². The van der Waals surface area contributed by atoms with Crippen molar-refractivity contribution in [2.24, 2.45) is 5.92 Å². The van der Waals surface area contributed by atoms with Crippen LogP contribution in [0.5, 0.6) is 0 Å². The minimum Gasteiger partial charge on any atom is -0.354 e. The van der Waals surface area contributed by atoms with Gasteiger partial charge in [0, 0.05) is 32.1 Å². The molecule has 164 valence electrons. The molecule has 1 aliphatic rings. The maximum atomic E-state index is 12.8. The number of aryl methyl sites for hydroxylation is 2. The molecule has 1 aliphatic heterocycles. The van der Waals surface area contributed by atoms with Gasteiger partial charge in [-0.05, 0) is 51.0 Å². The summed E-state index contributed by atoms with van der Waals surface area (Å²) in [6, 6.07) is 14.9. The first-order chi connectivity index (χ1) is 14.9. The maximum Gasteiger partial charge on any atom is 0.243 e. The molecule has 2 heterocycles. The van der Waals surface area contributed by atoms with Crippen molar-refractivity contribution < 1.29 is 13.2 Å². The van der Waals surface area contributed by atoms with E-state index in [0.29, 0.717) is 43.9 Å². The molecule has 31 heavy (non-hydrogen) atoms. The van der Waals surface area contributed by atoms with Gasteiger partial charge in [0.15, 0.2) is 0 Å². The minimum absolute atomic E-state index is 0.00513. The van der Waals surface area contributed by atoms with Gasteiger partial charge < -0.3 is 9.88 Å². The van der Waals surface area contributed by atoms with Crippen LogP contribution in [0.15, 0.2) is 53.4 Å². The lowest BCUT2D eigenvalue weighted by Crippen LogP contribution is -2.43. The van der Waals surface area contributed by atoms with Crippen molar-refractivity contribution in [3.63, 3.8) is 0 Å². The van der Waals surface area contributed by atoms with Crippen LogP contribution in [0.25, 0.3) is 11.0 Å². The number of aromatic nitrogens is 2. The average Bonchev–Trinajstić information content (AvgIpc) is 3.09. The van der Waals surface area contributed by atoms with E-state index in [2.05, 4.69) is 14.9 Å². The molecule has 1 saturated heterocycles. The number of amides is 1. The van der Waals surface area contributed by atoms with E-state index in [9.17, 15) is 13.2 Å². The molecule has 1 fully saturated rings. The maximum absolute atomic E-state index is 12.8. The lowest BCUT2D eigenvalue weighted by Gasteiger charge is -2.30. The molecule has 2 aromatic carbocycles. The van der Waals surface area contributed by atoms with Gasteiger partial charge in [-0.1, -0.05) is 29.8 Å². The molecule has 0 atom stereocenters. The molecule has 8 heteroatoms. The van der Waals surface area contributed by atoms with Crippen LogP contribution in [-0.2, 0) is 21.4 Å². The number of carbonyl (C=O) groups is 1. The largest absolute Gasteiger partial charge is 0.354 e. The molecule has 1 N–H and O–H groups in total. The highest BCUT2D eigenvalue weighted by Gasteiger charge is 2.31. The van der Waals surface area contributed by atoms with Crippen LogP contribution < -0.4 is 5.32 Å². The Balaban J connectivity index is 1.30. The molecule has 0 spiro atoms. The third-order valence-corrected chi connectivity index (χ3v) is 7.88. The Hall–Kier alpha value is -2.71. The summed E-state index contributed by atoms with van der Waals surface area (Å²) in [6.07, 6.45) is 1.06. The zero-order valence-electron chi connectivity index (χ0n) is 17.9. The first-order valence-electron chi connectivity index (χ1n) is 10.6. The van der Waals surface area contributed by atoms with Crippen LogP contribution in [0, 0.1) is 19.8 Å². The number of fused-ring (bicyclic) bond motifs is 1. The van der Waals surface area contributed by atoms with Crippen molar-refractivity contribution in [1.29, 1.82) is 0 Å². The van der Waals surface area contributed by atoms with Gasteiger partial charge in [-0.25, -0.2) is 13.4 Å². The Morgan fingerprint density at radius 2 is 1.74 bits per heavy atom. The summed E-state index contributed by atoms with van der Waals surface area (Å²) in [5.74, 6) is 0.754. The zero-order valence-corrected chi connectivity index (χ0v) is 18.7. The first kappa shape index (κ1) is 21.5. The summed E-state index contributed by atoms with van der Waals surface area (Å²) in [7, 11) is -3.51. The number of nitrogens with one attached hydrogen (secondary N) is 1. The molecule has 0 bridgehead atoms. The van der Waals surface area contributed by atoms with Crippen LogP contribution in [0.1, 0.15) is 24.2 Å². The van der Waals surface area contributed by atoms with Gasteiger partial charge in [0.1, 0.15) is 5.82 Å². The number of hydrogen-bond donors (Lipinski definition) is 1. The van der Waals surface area contributed by atoms with E-state index in [-0.39, 0.29) is 11.8 Å². The highest BCUT2D eigenvalue weighted by atomic mass is 32.2. The van der Waals surface area contributed by atoms with E-state index in [1.54, 1.807) is 24.3 Å². The third-order valence-electron chi connectivity index (χ3n) is 5.96. The number of rotatable bonds is 6. The van der Waals surface area contributed by atoms with E-state index in [4.69, 9.17) is 0 Å². The topological polar surface area (TPSA) is 84.3 Å². The number of imidazole rings is 1. The second-order valence-electron chi connectivity index (χ2n) is 8.08. The Kier molecular flexibility index (Phi) is 6.11. The highest BCUT2D eigenvalue weighted by Crippen LogP contribution is 2.24. The van der Waals surface area contributed by atoms with Gasteiger partial charge in [0.25, 0.3) is 0 Å². The Labute approximate surface area is 183 Å². The van der Waals surface area contributed by atoms with Gasteiger partial charge in [0.05, 0.1) is 15.9 Å². The van der Waals surface area contributed by atoms with Crippen LogP contribution >= 0.6 is 0 Å². The predicted octanol–water partition coefficient (Wildman–Crippen LogP) is 2.87. The smallest absolute Gasteiger partial charge is 0.243 e. The molecule has 0 saturated carbocycles. The monoisotopic (exact) mass is 440 g/mol. The molecular formula is C23H28N4O3S. The number of hydrogen-bond acceptors (Lipinski definition) is 4. The predicted molar refractivity (Wildman–Crippen MR) is 120 cm³/mol. The second-order valence-corrected chi connectivity index (χ2v) is 10.0. The van der Waals surface area contributed by atoms with E-state index in [1.807, 2.05) is 38.1 Å². The van der Waals surface area contributed by atoms with Crippen molar-refractivity contribution in [2.75, 3.05) is 19.6 Å². The van der Waals surface area contributed by atoms with Crippen LogP contribution in [0.3, 0.4) is 0 Å². The van der Waals surface area contributed by atoms with Crippen molar-refractivity contribution in [3.8, 4) is 0 Å². The third kappa shape index (κ3) is 4.50. The summed E-state index contributed by atoms with van der Waals surface area (Å²) in [4.78, 5) is 17.5. The molecule has 3 aromatic rings. The Morgan fingerprint density at radius 1 is 1.06 bits per heavy atom. The fourth-order valence-electron chi connectivity index (χ4n) is 4.13. The summed E-state index contributed by atoms with van der Waals surface area (Å²) in [5.41, 5.74) is 3.03. The molecule has 1 aromatic heterocycles. The summed E-state index contributed by atoms with van der Waals surface area (Å²) in [6.45, 7) is 5.78. The van der Waals surface area contributed by atoms with E-state index >= 15 is 0 Å². The number of benzene rings is 2. The average molecular weight is 441 g/mol. The van der Waals surface area contributed by atoms with Crippen LogP contribution in [-0.4, -0.2) is 47.8 Å². The molecule has 0 unspecified atom stereocenters. The number of carbonyl (C=O) groups excluding carboxylic acids is 1. The van der Waals surface area contributed by atoms with Gasteiger partial charge in [-0.3, -0.25) is 4.79 Å². The Morgan fingerprint density at radius 3 is 2.45 bits per heavy atom. The lowest BCUT2D eigenvalue weighted by molar-refractivity contribution is -0.126. The summed E-state index contributed by atoms with van der Waals surface area (Å²) in [5, 5.41) is 3.02. The minimum atomic E-state index is -3.51. The quantitative estimate of drug-likeness (QED) is 0.639. The van der Waals surface area contributed by atoms with Gasteiger partial charge >= 0.3 is 0 Å². The molecular weight excluding hydrogens is 412 g/mol. The van der Waals surface area contributed by atoms with Crippen LogP contribution in [0.2, 0.25) is 0 Å². The number of para-hydroxylation sites is 2.